The summed E-state index contributed by atoms with van der Waals surface area (Å²) in [5.41, 5.74) is 0.341. The second kappa shape index (κ2) is 7.93. The predicted molar refractivity (Wildman–Crippen MR) is 94.1 cm³/mol. The molecule has 0 aromatic heterocycles. The molecule has 1 saturated heterocycles. The summed E-state index contributed by atoms with van der Waals surface area (Å²) in [5.74, 6) is 0.681. The van der Waals surface area contributed by atoms with Gasteiger partial charge in [-0.2, -0.15) is 11.8 Å². The Labute approximate surface area is 147 Å². The molecule has 122 valence electrons. The molecule has 2 rings (SSSR count). The number of benzene rings is 1. The SMILES string of the molecule is O=C(NCCS(=O)(=O)N1CCSCC1)c1ccc(F)cc1I. The van der Waals surface area contributed by atoms with E-state index in [1.165, 1.54) is 22.5 Å². The average molecular weight is 458 g/mol. The zero-order chi connectivity index (χ0) is 16.2. The number of hydrogen-bond donors (Lipinski definition) is 1. The van der Waals surface area contributed by atoms with Crippen LogP contribution in [-0.4, -0.2) is 55.5 Å². The fourth-order valence-corrected chi connectivity index (χ4v) is 5.23. The third kappa shape index (κ3) is 4.80. The van der Waals surface area contributed by atoms with Crippen molar-refractivity contribution in [3.05, 3.63) is 33.1 Å². The molecule has 0 unspecified atom stereocenters. The Morgan fingerprint density at radius 3 is 2.68 bits per heavy atom. The van der Waals surface area contributed by atoms with Crippen molar-refractivity contribution in [2.75, 3.05) is 36.9 Å². The number of amides is 1. The van der Waals surface area contributed by atoms with Gasteiger partial charge in [0.25, 0.3) is 5.91 Å². The Bertz CT molecular complexity index is 649. The highest BCUT2D eigenvalue weighted by atomic mass is 127. The number of sulfonamides is 1. The standard InChI is InChI=1S/C13H16FIN2O3S2/c14-10-1-2-11(12(15)9-10)13(18)16-3-8-22(19,20)17-4-6-21-7-5-17/h1-2,9H,3-8H2,(H,16,18). The molecule has 0 bridgehead atoms. The first-order chi connectivity index (χ1) is 10.4. The topological polar surface area (TPSA) is 66.5 Å². The van der Waals surface area contributed by atoms with Gasteiger partial charge in [0, 0.05) is 34.7 Å². The fourth-order valence-electron chi connectivity index (χ4n) is 2.02. The second-order valence-electron chi connectivity index (χ2n) is 4.71. The van der Waals surface area contributed by atoms with Crippen LogP contribution >= 0.6 is 34.4 Å². The Morgan fingerprint density at radius 2 is 2.05 bits per heavy atom. The summed E-state index contributed by atoms with van der Waals surface area (Å²) in [6, 6.07) is 3.86. The number of halogens is 2. The maximum absolute atomic E-state index is 13.0. The lowest BCUT2D eigenvalue weighted by Crippen LogP contribution is -2.41. The molecule has 0 saturated carbocycles. The number of thioether (sulfide) groups is 1. The third-order valence-corrected chi connectivity index (χ3v) is 6.89. The molecule has 1 fully saturated rings. The van der Waals surface area contributed by atoms with Crippen LogP contribution < -0.4 is 5.32 Å². The lowest BCUT2D eigenvalue weighted by molar-refractivity contribution is 0.0955. The summed E-state index contributed by atoms with van der Waals surface area (Å²) in [6.07, 6.45) is 0. The van der Waals surface area contributed by atoms with Crippen molar-refractivity contribution in [1.29, 1.82) is 0 Å². The smallest absolute Gasteiger partial charge is 0.252 e. The molecule has 1 aliphatic rings. The number of hydrogen-bond acceptors (Lipinski definition) is 4. The first-order valence-corrected chi connectivity index (χ1v) is 10.5. The van der Waals surface area contributed by atoms with Gasteiger partial charge in [0.2, 0.25) is 10.0 Å². The highest BCUT2D eigenvalue weighted by Gasteiger charge is 2.24. The van der Waals surface area contributed by atoms with E-state index < -0.39 is 21.7 Å². The van der Waals surface area contributed by atoms with E-state index >= 15 is 0 Å². The molecule has 0 spiro atoms. The van der Waals surface area contributed by atoms with Crippen LogP contribution in [0.2, 0.25) is 0 Å². The highest BCUT2D eigenvalue weighted by molar-refractivity contribution is 14.1. The van der Waals surface area contributed by atoms with Crippen molar-refractivity contribution in [2.45, 2.75) is 0 Å². The number of carbonyl (C=O) groups excluding carboxylic acids is 1. The van der Waals surface area contributed by atoms with E-state index in [4.69, 9.17) is 0 Å². The van der Waals surface area contributed by atoms with Gasteiger partial charge in [0.05, 0.1) is 11.3 Å². The highest BCUT2D eigenvalue weighted by Crippen LogP contribution is 2.14. The Morgan fingerprint density at radius 1 is 1.36 bits per heavy atom. The monoisotopic (exact) mass is 458 g/mol. The van der Waals surface area contributed by atoms with E-state index in [2.05, 4.69) is 5.32 Å². The fraction of sp³-hybridized carbons (Fsp3) is 0.462. The molecule has 0 atom stereocenters. The normalized spacial score (nSPS) is 16.5. The molecule has 1 amide bonds. The van der Waals surface area contributed by atoms with Crippen LogP contribution in [0, 0.1) is 9.39 Å². The van der Waals surface area contributed by atoms with Gasteiger partial charge in [-0.05, 0) is 40.8 Å². The lowest BCUT2D eigenvalue weighted by Gasteiger charge is -2.25. The summed E-state index contributed by atoms with van der Waals surface area (Å²) in [5, 5.41) is 2.58. The molecular weight excluding hydrogens is 442 g/mol. The summed E-state index contributed by atoms with van der Waals surface area (Å²) >= 11 is 3.61. The van der Waals surface area contributed by atoms with Crippen LogP contribution in [0.25, 0.3) is 0 Å². The van der Waals surface area contributed by atoms with Crippen LogP contribution in [0.15, 0.2) is 18.2 Å². The molecule has 1 aliphatic heterocycles. The average Bonchev–Trinajstić information content (AvgIpc) is 2.47. The maximum Gasteiger partial charge on any atom is 0.252 e. The largest absolute Gasteiger partial charge is 0.351 e. The molecular formula is C13H16FIN2O3S2. The first kappa shape index (κ1) is 18.0. The van der Waals surface area contributed by atoms with Gasteiger partial charge in [-0.25, -0.2) is 17.1 Å². The van der Waals surface area contributed by atoms with Gasteiger partial charge in [-0.15, -0.1) is 0 Å². The minimum absolute atomic E-state index is 0.0399. The molecule has 22 heavy (non-hydrogen) atoms. The van der Waals surface area contributed by atoms with E-state index in [1.807, 2.05) is 22.6 Å². The Hall–Kier alpha value is -0.390. The van der Waals surface area contributed by atoms with Gasteiger partial charge in [-0.3, -0.25) is 4.79 Å². The predicted octanol–water partition coefficient (Wildman–Crippen LogP) is 1.54. The molecule has 0 aliphatic carbocycles. The number of rotatable bonds is 5. The second-order valence-corrected chi connectivity index (χ2v) is 9.18. The first-order valence-electron chi connectivity index (χ1n) is 6.69. The van der Waals surface area contributed by atoms with Gasteiger partial charge >= 0.3 is 0 Å². The summed E-state index contributed by atoms with van der Waals surface area (Å²) in [7, 11) is -3.33. The minimum Gasteiger partial charge on any atom is -0.351 e. The third-order valence-electron chi connectivity index (χ3n) is 3.18. The van der Waals surface area contributed by atoms with E-state index in [9.17, 15) is 17.6 Å². The quantitative estimate of drug-likeness (QED) is 0.681. The Kier molecular flexibility index (Phi) is 6.47. The lowest BCUT2D eigenvalue weighted by atomic mass is 10.2. The zero-order valence-corrected chi connectivity index (χ0v) is 15.5. The number of nitrogens with one attached hydrogen (secondary N) is 1. The van der Waals surface area contributed by atoms with E-state index in [-0.39, 0.29) is 12.3 Å². The molecule has 1 aromatic carbocycles. The van der Waals surface area contributed by atoms with Gasteiger partial charge in [0.1, 0.15) is 5.82 Å². The molecule has 1 N–H and O–H groups in total. The molecule has 9 heteroatoms. The molecule has 1 heterocycles. The zero-order valence-electron chi connectivity index (χ0n) is 11.7. The van der Waals surface area contributed by atoms with E-state index in [0.29, 0.717) is 22.2 Å². The van der Waals surface area contributed by atoms with Crippen molar-refractivity contribution in [3.63, 3.8) is 0 Å². The number of carbonyl (C=O) groups is 1. The van der Waals surface area contributed by atoms with E-state index in [1.54, 1.807) is 11.8 Å². The molecule has 0 radical (unpaired) electrons. The van der Waals surface area contributed by atoms with E-state index in [0.717, 1.165) is 11.5 Å². The Balaban J connectivity index is 1.88. The van der Waals surface area contributed by atoms with Crippen molar-refractivity contribution in [2.24, 2.45) is 0 Å². The summed E-state index contributed by atoms with van der Waals surface area (Å²) in [4.78, 5) is 12.0. The molecule has 1 aromatic rings. The summed E-state index contributed by atoms with van der Waals surface area (Å²) in [6.45, 7) is 1.09. The minimum atomic E-state index is -3.33. The van der Waals surface area contributed by atoms with Crippen molar-refractivity contribution in [3.8, 4) is 0 Å². The summed E-state index contributed by atoms with van der Waals surface area (Å²) < 4.78 is 39.2. The van der Waals surface area contributed by atoms with Crippen molar-refractivity contribution < 1.29 is 17.6 Å². The van der Waals surface area contributed by atoms with Crippen molar-refractivity contribution in [1.82, 2.24) is 9.62 Å². The molecule has 5 nitrogen and oxygen atoms in total. The van der Waals surface area contributed by atoms with Crippen LogP contribution in [-0.2, 0) is 10.0 Å². The van der Waals surface area contributed by atoms with Crippen molar-refractivity contribution >= 4 is 50.3 Å². The number of nitrogens with zero attached hydrogens (tertiary/aromatic N) is 1. The van der Waals surface area contributed by atoms with Gasteiger partial charge < -0.3 is 5.32 Å². The van der Waals surface area contributed by atoms with Crippen LogP contribution in [0.1, 0.15) is 10.4 Å². The maximum atomic E-state index is 13.0. The van der Waals surface area contributed by atoms with Crippen LogP contribution in [0.3, 0.4) is 0 Å². The van der Waals surface area contributed by atoms with Gasteiger partial charge in [-0.1, -0.05) is 0 Å². The van der Waals surface area contributed by atoms with Crippen LogP contribution in [0.5, 0.6) is 0 Å². The van der Waals surface area contributed by atoms with Gasteiger partial charge in [0.15, 0.2) is 0 Å². The van der Waals surface area contributed by atoms with Crippen LogP contribution in [0.4, 0.5) is 4.39 Å².